The molecule has 0 fully saturated rings. The number of benzene rings is 2. The van der Waals surface area contributed by atoms with Gasteiger partial charge >= 0.3 is 11.9 Å². The van der Waals surface area contributed by atoms with Crippen molar-refractivity contribution in [1.29, 1.82) is 0 Å². The Labute approximate surface area is 209 Å². The molecule has 36 heavy (non-hydrogen) atoms. The van der Waals surface area contributed by atoms with E-state index in [1.54, 1.807) is 18.2 Å². The van der Waals surface area contributed by atoms with Gasteiger partial charge in [-0.3, -0.25) is 13.9 Å². The minimum Gasteiger partial charge on any atom is -0.417 e. The van der Waals surface area contributed by atoms with Crippen LogP contribution in [0, 0.1) is 0 Å². The van der Waals surface area contributed by atoms with E-state index in [4.69, 9.17) is 4.43 Å². The SMILES string of the molecule is Cn1c(=O)n(CCCO[Si](C)(C)C(C)(C)C)c(=O)c2c(C(O)c3ccccc3)c(C(F)(F)F)ccc21. The number of nitrogens with zero attached hydrogens (tertiary/aromatic N) is 2. The van der Waals surface area contributed by atoms with Gasteiger partial charge in [0.2, 0.25) is 0 Å². The Hall–Kier alpha value is -2.69. The Kier molecular flexibility index (Phi) is 7.74. The van der Waals surface area contributed by atoms with Crippen LogP contribution in [-0.4, -0.2) is 29.2 Å². The zero-order valence-electron chi connectivity index (χ0n) is 21.4. The molecule has 3 rings (SSSR count). The predicted molar refractivity (Wildman–Crippen MR) is 137 cm³/mol. The molecule has 0 saturated heterocycles. The molecule has 0 aliphatic carbocycles. The summed E-state index contributed by atoms with van der Waals surface area (Å²) in [7, 11) is -0.642. The molecule has 1 N–H and O–H groups in total. The van der Waals surface area contributed by atoms with E-state index in [0.717, 1.165) is 21.3 Å². The lowest BCUT2D eigenvalue weighted by molar-refractivity contribution is -0.138. The number of halogens is 3. The second-order valence-electron chi connectivity index (χ2n) is 10.5. The van der Waals surface area contributed by atoms with E-state index in [1.165, 1.54) is 19.2 Å². The normalized spacial score (nSPS) is 13.8. The van der Waals surface area contributed by atoms with Crippen LogP contribution in [0.3, 0.4) is 0 Å². The van der Waals surface area contributed by atoms with E-state index in [9.17, 15) is 27.9 Å². The summed E-state index contributed by atoms with van der Waals surface area (Å²) in [6.45, 7) is 10.8. The van der Waals surface area contributed by atoms with Crippen LogP contribution in [0.25, 0.3) is 10.9 Å². The molecule has 196 valence electrons. The molecule has 0 radical (unpaired) electrons. The molecule has 6 nitrogen and oxygen atoms in total. The van der Waals surface area contributed by atoms with Crippen LogP contribution < -0.4 is 11.2 Å². The third-order valence-electron chi connectivity index (χ3n) is 7.05. The number of aromatic nitrogens is 2. The monoisotopic (exact) mass is 522 g/mol. The third kappa shape index (κ3) is 5.35. The molecule has 3 aromatic rings. The van der Waals surface area contributed by atoms with Crippen molar-refractivity contribution in [2.75, 3.05) is 6.61 Å². The summed E-state index contributed by atoms with van der Waals surface area (Å²) in [6.07, 6.45) is -6.20. The molecule has 0 amide bonds. The van der Waals surface area contributed by atoms with Crippen LogP contribution in [0.4, 0.5) is 13.2 Å². The molecule has 0 aliphatic rings. The molecule has 2 aromatic carbocycles. The zero-order chi connectivity index (χ0) is 27.1. The first kappa shape index (κ1) is 27.9. The summed E-state index contributed by atoms with van der Waals surface area (Å²) in [5.74, 6) is 0. The van der Waals surface area contributed by atoms with Crippen LogP contribution in [0.2, 0.25) is 18.1 Å². The van der Waals surface area contributed by atoms with Crippen LogP contribution in [0.15, 0.2) is 52.1 Å². The highest BCUT2D eigenvalue weighted by atomic mass is 28.4. The van der Waals surface area contributed by atoms with E-state index in [1.807, 2.05) is 0 Å². The Morgan fingerprint density at radius 1 is 1.03 bits per heavy atom. The third-order valence-corrected chi connectivity index (χ3v) is 11.6. The Bertz CT molecular complexity index is 1360. The first-order chi connectivity index (χ1) is 16.6. The van der Waals surface area contributed by atoms with Gasteiger partial charge in [0.25, 0.3) is 5.56 Å². The van der Waals surface area contributed by atoms with Crippen LogP contribution >= 0.6 is 0 Å². The maximum absolute atomic E-state index is 14.0. The van der Waals surface area contributed by atoms with Gasteiger partial charge in [-0.1, -0.05) is 51.1 Å². The Balaban J connectivity index is 2.15. The average Bonchev–Trinajstić information content (AvgIpc) is 2.80. The highest BCUT2D eigenvalue weighted by molar-refractivity contribution is 6.74. The smallest absolute Gasteiger partial charge is 0.416 e. The van der Waals surface area contributed by atoms with Crippen molar-refractivity contribution in [2.24, 2.45) is 7.05 Å². The maximum Gasteiger partial charge on any atom is 0.416 e. The molecule has 0 bridgehead atoms. The maximum atomic E-state index is 14.0. The quantitative estimate of drug-likeness (QED) is 0.341. The van der Waals surface area contributed by atoms with Crippen molar-refractivity contribution in [3.8, 4) is 0 Å². The number of fused-ring (bicyclic) bond motifs is 1. The van der Waals surface area contributed by atoms with E-state index >= 15 is 0 Å². The Morgan fingerprint density at radius 3 is 2.19 bits per heavy atom. The average molecular weight is 523 g/mol. The number of alkyl halides is 3. The van der Waals surface area contributed by atoms with E-state index < -0.39 is 43.0 Å². The summed E-state index contributed by atoms with van der Waals surface area (Å²) in [6, 6.07) is 9.74. The van der Waals surface area contributed by atoms with Crippen molar-refractivity contribution in [1.82, 2.24) is 9.13 Å². The number of aliphatic hydroxyl groups is 1. The van der Waals surface area contributed by atoms with E-state index in [0.29, 0.717) is 13.0 Å². The van der Waals surface area contributed by atoms with Gasteiger partial charge in [-0.15, -0.1) is 0 Å². The molecule has 1 unspecified atom stereocenters. The first-order valence-electron chi connectivity index (χ1n) is 11.8. The minimum atomic E-state index is -4.82. The summed E-state index contributed by atoms with van der Waals surface area (Å²) in [5, 5.41) is 10.7. The number of hydrogen-bond donors (Lipinski definition) is 1. The van der Waals surface area contributed by atoms with Gasteiger partial charge < -0.3 is 9.53 Å². The van der Waals surface area contributed by atoms with Gasteiger partial charge in [-0.2, -0.15) is 13.2 Å². The number of rotatable bonds is 7. The van der Waals surface area contributed by atoms with Crippen LogP contribution in [0.1, 0.15) is 50.0 Å². The number of aliphatic hydroxyl groups excluding tert-OH is 1. The van der Waals surface area contributed by atoms with Crippen molar-refractivity contribution in [3.63, 3.8) is 0 Å². The summed E-state index contributed by atoms with van der Waals surface area (Å²) in [4.78, 5) is 26.5. The van der Waals surface area contributed by atoms with Gasteiger partial charge in [0.15, 0.2) is 8.32 Å². The fourth-order valence-electron chi connectivity index (χ4n) is 3.92. The van der Waals surface area contributed by atoms with Crippen molar-refractivity contribution in [2.45, 2.75) is 64.1 Å². The van der Waals surface area contributed by atoms with Gasteiger partial charge in [-0.05, 0) is 42.2 Å². The Morgan fingerprint density at radius 2 is 1.64 bits per heavy atom. The molecule has 10 heteroatoms. The number of aryl methyl sites for hydroxylation is 1. The topological polar surface area (TPSA) is 73.5 Å². The van der Waals surface area contributed by atoms with E-state index in [-0.39, 0.29) is 28.0 Å². The van der Waals surface area contributed by atoms with Gasteiger partial charge in [0, 0.05) is 25.8 Å². The highest BCUT2D eigenvalue weighted by Gasteiger charge is 2.38. The van der Waals surface area contributed by atoms with Crippen LogP contribution in [0.5, 0.6) is 0 Å². The lowest BCUT2D eigenvalue weighted by atomic mass is 9.93. The predicted octanol–water partition coefficient (Wildman–Crippen LogP) is 5.21. The fraction of sp³-hybridized carbons (Fsp3) is 0.462. The molecular formula is C26H33F3N2O4Si. The lowest BCUT2D eigenvalue weighted by Gasteiger charge is -2.36. The standard InChI is InChI=1S/C26H33F3N2O4Si/c1-25(2,3)36(5,6)35-16-10-15-31-23(33)21-19(30(4)24(31)34)14-13-18(26(27,28)29)20(21)22(32)17-11-8-7-9-12-17/h7-9,11-14,22,32H,10,15-16H2,1-6H3. The second kappa shape index (κ2) is 9.99. The molecular weight excluding hydrogens is 489 g/mol. The number of hydrogen-bond acceptors (Lipinski definition) is 4. The van der Waals surface area contributed by atoms with Crippen molar-refractivity contribution in [3.05, 3.63) is 80.0 Å². The molecule has 1 atom stereocenters. The zero-order valence-corrected chi connectivity index (χ0v) is 22.4. The molecule has 1 heterocycles. The molecule has 1 aromatic heterocycles. The van der Waals surface area contributed by atoms with Gasteiger partial charge in [0.1, 0.15) is 6.10 Å². The van der Waals surface area contributed by atoms with E-state index in [2.05, 4.69) is 33.9 Å². The summed E-state index contributed by atoms with van der Waals surface area (Å²) in [5.41, 5.74) is -2.95. The first-order valence-corrected chi connectivity index (χ1v) is 14.7. The summed E-state index contributed by atoms with van der Waals surface area (Å²) < 4.78 is 50.3. The molecule has 0 saturated carbocycles. The molecule has 0 spiro atoms. The molecule has 0 aliphatic heterocycles. The second-order valence-corrected chi connectivity index (χ2v) is 15.3. The largest absolute Gasteiger partial charge is 0.417 e. The summed E-state index contributed by atoms with van der Waals surface area (Å²) >= 11 is 0. The lowest BCUT2D eigenvalue weighted by Crippen LogP contribution is -2.42. The van der Waals surface area contributed by atoms with Crippen molar-refractivity contribution >= 4 is 19.2 Å². The van der Waals surface area contributed by atoms with Gasteiger partial charge in [-0.25, -0.2) is 4.79 Å². The van der Waals surface area contributed by atoms with Crippen LogP contribution in [-0.2, 0) is 24.2 Å². The highest BCUT2D eigenvalue weighted by Crippen LogP contribution is 2.39. The van der Waals surface area contributed by atoms with Crippen molar-refractivity contribution < 1.29 is 22.7 Å². The fourth-order valence-corrected chi connectivity index (χ4v) is 5.00. The van der Waals surface area contributed by atoms with Gasteiger partial charge in [0.05, 0.1) is 16.5 Å². The minimum absolute atomic E-state index is 0.0145.